The third kappa shape index (κ3) is 8.38. The van der Waals surface area contributed by atoms with Crippen LogP contribution in [0.4, 0.5) is 0 Å². The Labute approximate surface area is 116 Å². The fourth-order valence-corrected chi connectivity index (χ4v) is 1.82. The number of hydrogen-bond acceptors (Lipinski definition) is 2. The molecule has 106 valence electrons. The molecule has 1 amide bonds. The zero-order valence-corrected chi connectivity index (χ0v) is 12.1. The first-order chi connectivity index (χ1) is 9.18. The van der Waals surface area contributed by atoms with Crippen molar-refractivity contribution >= 4 is 5.91 Å². The monoisotopic (exact) mass is 262 g/mol. The Morgan fingerprint density at radius 2 is 1.89 bits per heavy atom. The minimum Gasteiger partial charge on any atom is -0.355 e. The summed E-state index contributed by atoms with van der Waals surface area (Å²) in [6, 6.07) is 10.4. The van der Waals surface area contributed by atoms with Crippen LogP contribution in [0.15, 0.2) is 30.3 Å². The lowest BCUT2D eigenvalue weighted by Gasteiger charge is -2.08. The van der Waals surface area contributed by atoms with Gasteiger partial charge in [-0.05, 0) is 37.3 Å². The summed E-state index contributed by atoms with van der Waals surface area (Å²) in [5.41, 5.74) is 1.33. The van der Waals surface area contributed by atoms with Crippen LogP contribution in [-0.2, 0) is 11.2 Å². The minimum atomic E-state index is 0.0943. The molecule has 0 spiro atoms. The summed E-state index contributed by atoms with van der Waals surface area (Å²) < 4.78 is 0. The van der Waals surface area contributed by atoms with Gasteiger partial charge >= 0.3 is 0 Å². The van der Waals surface area contributed by atoms with Gasteiger partial charge in [0.15, 0.2) is 0 Å². The largest absolute Gasteiger partial charge is 0.355 e. The molecule has 0 saturated carbocycles. The summed E-state index contributed by atoms with van der Waals surface area (Å²) in [7, 11) is 0. The molecule has 0 fully saturated rings. The zero-order valence-electron chi connectivity index (χ0n) is 12.1. The lowest BCUT2D eigenvalue weighted by molar-refractivity contribution is -0.120. The zero-order chi connectivity index (χ0) is 13.9. The van der Waals surface area contributed by atoms with E-state index in [4.69, 9.17) is 0 Å². The Bertz CT molecular complexity index is 349. The Morgan fingerprint density at radius 3 is 2.58 bits per heavy atom. The van der Waals surface area contributed by atoms with E-state index < -0.39 is 0 Å². The van der Waals surface area contributed by atoms with E-state index in [0.717, 1.165) is 32.4 Å². The van der Waals surface area contributed by atoms with Gasteiger partial charge in [-0.1, -0.05) is 44.2 Å². The van der Waals surface area contributed by atoms with Crippen LogP contribution in [0.5, 0.6) is 0 Å². The van der Waals surface area contributed by atoms with E-state index in [1.807, 2.05) is 18.2 Å². The second kappa shape index (κ2) is 9.56. The molecule has 0 bridgehead atoms. The Balaban J connectivity index is 1.98. The van der Waals surface area contributed by atoms with Crippen molar-refractivity contribution in [2.75, 3.05) is 19.6 Å². The van der Waals surface area contributed by atoms with Gasteiger partial charge in [0, 0.05) is 6.54 Å². The summed E-state index contributed by atoms with van der Waals surface area (Å²) in [5, 5.41) is 6.10. The number of hydrogen-bond donors (Lipinski definition) is 2. The lowest BCUT2D eigenvalue weighted by atomic mass is 10.1. The van der Waals surface area contributed by atoms with Crippen LogP contribution in [0.25, 0.3) is 0 Å². The molecule has 0 heterocycles. The van der Waals surface area contributed by atoms with Crippen molar-refractivity contribution in [3.8, 4) is 0 Å². The van der Waals surface area contributed by atoms with Crippen molar-refractivity contribution < 1.29 is 4.79 Å². The normalized spacial score (nSPS) is 10.7. The van der Waals surface area contributed by atoms with Gasteiger partial charge in [0.2, 0.25) is 5.91 Å². The molecule has 2 N–H and O–H groups in total. The molecule has 1 aromatic rings. The highest BCUT2D eigenvalue weighted by molar-refractivity contribution is 5.77. The van der Waals surface area contributed by atoms with E-state index in [2.05, 4.69) is 36.6 Å². The molecule has 0 aliphatic rings. The van der Waals surface area contributed by atoms with Crippen LogP contribution >= 0.6 is 0 Å². The van der Waals surface area contributed by atoms with Gasteiger partial charge in [0.25, 0.3) is 0 Å². The Hall–Kier alpha value is -1.35. The average molecular weight is 262 g/mol. The SMILES string of the molecule is CC(C)CCNCC(=O)NCCCc1ccccc1. The molecule has 19 heavy (non-hydrogen) atoms. The number of rotatable bonds is 9. The molecule has 3 nitrogen and oxygen atoms in total. The predicted molar refractivity (Wildman–Crippen MR) is 80.1 cm³/mol. The minimum absolute atomic E-state index is 0.0943. The molecule has 0 saturated heterocycles. The van der Waals surface area contributed by atoms with Crippen molar-refractivity contribution in [2.24, 2.45) is 5.92 Å². The van der Waals surface area contributed by atoms with E-state index >= 15 is 0 Å². The van der Waals surface area contributed by atoms with Gasteiger partial charge in [-0.2, -0.15) is 0 Å². The molecule has 0 atom stereocenters. The predicted octanol–water partition coefficient (Wildman–Crippen LogP) is 2.37. The highest BCUT2D eigenvalue weighted by Crippen LogP contribution is 2.01. The average Bonchev–Trinajstić information content (AvgIpc) is 2.41. The first-order valence-corrected chi connectivity index (χ1v) is 7.20. The maximum atomic E-state index is 11.5. The number of carbonyl (C=O) groups is 1. The number of nitrogens with one attached hydrogen (secondary N) is 2. The van der Waals surface area contributed by atoms with E-state index in [-0.39, 0.29) is 5.91 Å². The lowest BCUT2D eigenvalue weighted by Crippen LogP contribution is -2.35. The van der Waals surface area contributed by atoms with Crippen molar-refractivity contribution in [3.05, 3.63) is 35.9 Å². The van der Waals surface area contributed by atoms with Crippen molar-refractivity contribution in [2.45, 2.75) is 33.1 Å². The summed E-state index contributed by atoms with van der Waals surface area (Å²) in [4.78, 5) is 11.5. The number of aryl methyl sites for hydroxylation is 1. The second-order valence-electron chi connectivity index (χ2n) is 5.30. The molecule has 0 aromatic heterocycles. The summed E-state index contributed by atoms with van der Waals surface area (Å²) in [5.74, 6) is 0.776. The quantitative estimate of drug-likeness (QED) is 0.671. The summed E-state index contributed by atoms with van der Waals surface area (Å²) in [6.45, 7) is 6.46. The fraction of sp³-hybridized carbons (Fsp3) is 0.562. The molecule has 0 radical (unpaired) electrons. The van der Waals surface area contributed by atoms with E-state index in [1.54, 1.807) is 0 Å². The van der Waals surface area contributed by atoms with Gasteiger partial charge in [0.1, 0.15) is 0 Å². The van der Waals surface area contributed by atoms with Crippen LogP contribution in [0, 0.1) is 5.92 Å². The van der Waals surface area contributed by atoms with Crippen molar-refractivity contribution in [1.82, 2.24) is 10.6 Å². The Kier molecular flexibility index (Phi) is 7.91. The van der Waals surface area contributed by atoms with Gasteiger partial charge < -0.3 is 10.6 Å². The molecular weight excluding hydrogens is 236 g/mol. The van der Waals surface area contributed by atoms with Gasteiger partial charge in [-0.3, -0.25) is 4.79 Å². The highest BCUT2D eigenvalue weighted by Gasteiger charge is 2.00. The fourth-order valence-electron chi connectivity index (χ4n) is 1.82. The van der Waals surface area contributed by atoms with Gasteiger partial charge in [-0.15, -0.1) is 0 Å². The van der Waals surface area contributed by atoms with Crippen LogP contribution in [-0.4, -0.2) is 25.5 Å². The standard InChI is InChI=1S/C16H26N2O/c1-14(2)10-12-17-13-16(19)18-11-6-9-15-7-4-3-5-8-15/h3-5,7-8,14,17H,6,9-13H2,1-2H3,(H,18,19). The summed E-state index contributed by atoms with van der Waals surface area (Å²) >= 11 is 0. The van der Waals surface area contributed by atoms with E-state index in [1.165, 1.54) is 5.56 Å². The van der Waals surface area contributed by atoms with Gasteiger partial charge in [-0.25, -0.2) is 0 Å². The van der Waals surface area contributed by atoms with E-state index in [9.17, 15) is 4.79 Å². The Morgan fingerprint density at radius 1 is 1.16 bits per heavy atom. The van der Waals surface area contributed by atoms with E-state index in [0.29, 0.717) is 12.5 Å². The molecule has 1 rings (SSSR count). The van der Waals surface area contributed by atoms with Crippen LogP contribution in [0.1, 0.15) is 32.3 Å². The van der Waals surface area contributed by atoms with Crippen LogP contribution in [0.3, 0.4) is 0 Å². The number of benzene rings is 1. The van der Waals surface area contributed by atoms with Gasteiger partial charge in [0.05, 0.1) is 6.54 Å². The molecular formula is C16H26N2O. The smallest absolute Gasteiger partial charge is 0.233 e. The number of amides is 1. The molecule has 0 aliphatic heterocycles. The molecule has 0 aliphatic carbocycles. The number of carbonyl (C=O) groups excluding carboxylic acids is 1. The first kappa shape index (κ1) is 15.7. The maximum Gasteiger partial charge on any atom is 0.233 e. The third-order valence-corrected chi connectivity index (χ3v) is 2.99. The third-order valence-electron chi connectivity index (χ3n) is 2.99. The van der Waals surface area contributed by atoms with Crippen molar-refractivity contribution in [3.63, 3.8) is 0 Å². The summed E-state index contributed by atoms with van der Waals surface area (Å²) in [6.07, 6.45) is 3.12. The van der Waals surface area contributed by atoms with Crippen LogP contribution < -0.4 is 10.6 Å². The van der Waals surface area contributed by atoms with Crippen molar-refractivity contribution in [1.29, 1.82) is 0 Å². The second-order valence-corrected chi connectivity index (χ2v) is 5.30. The molecule has 3 heteroatoms. The molecule has 1 aromatic carbocycles. The highest BCUT2D eigenvalue weighted by atomic mass is 16.1. The maximum absolute atomic E-state index is 11.5. The van der Waals surface area contributed by atoms with Crippen LogP contribution in [0.2, 0.25) is 0 Å². The topological polar surface area (TPSA) is 41.1 Å². The first-order valence-electron chi connectivity index (χ1n) is 7.20. The molecule has 0 unspecified atom stereocenters.